The highest BCUT2D eigenvalue weighted by atomic mass is 32.2. The van der Waals surface area contributed by atoms with Gasteiger partial charge >= 0.3 is 5.97 Å². The molecule has 1 fully saturated rings. The summed E-state index contributed by atoms with van der Waals surface area (Å²) >= 11 is 0. The highest BCUT2D eigenvalue weighted by Crippen LogP contribution is 2.21. The molecule has 1 aliphatic heterocycles. The summed E-state index contributed by atoms with van der Waals surface area (Å²) < 4.78 is 29.0. The maximum absolute atomic E-state index is 13.6. The second kappa shape index (κ2) is 13.6. The van der Waals surface area contributed by atoms with Gasteiger partial charge in [-0.15, -0.1) is 0 Å². The van der Waals surface area contributed by atoms with Crippen LogP contribution in [-0.4, -0.2) is 61.4 Å². The first-order valence-electron chi connectivity index (χ1n) is 13.6. The number of sulfonamides is 1. The third-order valence-corrected chi connectivity index (χ3v) is 8.77. The van der Waals surface area contributed by atoms with Crippen LogP contribution in [0.1, 0.15) is 29.5 Å². The molecule has 0 bridgehead atoms. The molecule has 10 heteroatoms. The van der Waals surface area contributed by atoms with Gasteiger partial charge in [0.1, 0.15) is 12.1 Å². The average Bonchev–Trinajstić information content (AvgIpc) is 2.97. The van der Waals surface area contributed by atoms with Gasteiger partial charge in [-0.25, -0.2) is 13.2 Å². The SMILES string of the molecule is Cc1ccc(S(=O)(=O)NC(Cc2ccccc2)C(=O)N2CCC(C(=O)NC(Cc3ccccc3)C(=O)O)CC2)cc1. The number of rotatable bonds is 11. The number of nitrogens with one attached hydrogen (secondary N) is 2. The van der Waals surface area contributed by atoms with E-state index in [0.717, 1.165) is 16.7 Å². The molecular weight excluding hydrogens is 542 g/mol. The van der Waals surface area contributed by atoms with Crippen molar-refractivity contribution < 1.29 is 27.9 Å². The van der Waals surface area contributed by atoms with Crippen LogP contribution in [-0.2, 0) is 37.2 Å². The smallest absolute Gasteiger partial charge is 0.326 e. The predicted octanol–water partition coefficient (Wildman–Crippen LogP) is 2.94. The van der Waals surface area contributed by atoms with Crippen LogP contribution in [0.3, 0.4) is 0 Å². The Labute approximate surface area is 240 Å². The van der Waals surface area contributed by atoms with Crippen LogP contribution >= 0.6 is 0 Å². The van der Waals surface area contributed by atoms with Crippen LogP contribution in [0, 0.1) is 12.8 Å². The van der Waals surface area contributed by atoms with Crippen LogP contribution in [0.4, 0.5) is 0 Å². The zero-order valence-corrected chi connectivity index (χ0v) is 23.7. The molecule has 1 saturated heterocycles. The lowest BCUT2D eigenvalue weighted by atomic mass is 9.94. The van der Waals surface area contributed by atoms with Crippen LogP contribution in [0.25, 0.3) is 0 Å². The highest BCUT2D eigenvalue weighted by Gasteiger charge is 2.34. The summed E-state index contributed by atoms with van der Waals surface area (Å²) in [7, 11) is -3.97. The molecular formula is C31H35N3O6S. The molecule has 216 valence electrons. The molecule has 3 N–H and O–H groups in total. The minimum absolute atomic E-state index is 0.0767. The Morgan fingerprint density at radius 3 is 1.85 bits per heavy atom. The van der Waals surface area contributed by atoms with E-state index >= 15 is 0 Å². The fourth-order valence-corrected chi connectivity index (χ4v) is 6.11. The summed E-state index contributed by atoms with van der Waals surface area (Å²) in [6, 6.07) is 22.6. The third-order valence-electron chi connectivity index (χ3n) is 7.28. The lowest BCUT2D eigenvalue weighted by Gasteiger charge is -2.34. The van der Waals surface area contributed by atoms with Crippen molar-refractivity contribution in [3.8, 4) is 0 Å². The Morgan fingerprint density at radius 2 is 1.34 bits per heavy atom. The number of carbonyl (C=O) groups is 3. The van der Waals surface area contributed by atoms with Gasteiger partial charge in [-0.05, 0) is 49.4 Å². The Morgan fingerprint density at radius 1 is 0.829 bits per heavy atom. The summed E-state index contributed by atoms with van der Waals surface area (Å²) in [6.45, 7) is 2.37. The molecule has 2 unspecified atom stereocenters. The van der Waals surface area contributed by atoms with Gasteiger partial charge < -0.3 is 15.3 Å². The Hall–Kier alpha value is -4.02. The number of aryl methyl sites for hydroxylation is 1. The summed E-state index contributed by atoms with van der Waals surface area (Å²) in [5, 5.41) is 12.3. The molecule has 3 aromatic rings. The van der Waals surface area contributed by atoms with Gasteiger partial charge in [0.2, 0.25) is 21.8 Å². The zero-order chi connectivity index (χ0) is 29.4. The number of nitrogens with zero attached hydrogens (tertiary/aromatic N) is 1. The Bertz CT molecular complexity index is 1440. The van der Waals surface area contributed by atoms with E-state index in [0.29, 0.717) is 12.8 Å². The van der Waals surface area contributed by atoms with Gasteiger partial charge in [0.25, 0.3) is 0 Å². The maximum Gasteiger partial charge on any atom is 0.326 e. The molecule has 3 aromatic carbocycles. The highest BCUT2D eigenvalue weighted by molar-refractivity contribution is 7.89. The van der Waals surface area contributed by atoms with Crippen LogP contribution < -0.4 is 10.0 Å². The Kier molecular flexibility index (Phi) is 9.91. The third kappa shape index (κ3) is 8.25. The van der Waals surface area contributed by atoms with Gasteiger partial charge in [-0.2, -0.15) is 4.72 Å². The van der Waals surface area contributed by atoms with Crippen LogP contribution in [0.2, 0.25) is 0 Å². The maximum atomic E-state index is 13.6. The number of carbonyl (C=O) groups excluding carboxylic acids is 2. The topological polar surface area (TPSA) is 133 Å². The fraction of sp³-hybridized carbons (Fsp3) is 0.323. The molecule has 2 amide bonds. The number of piperidine rings is 1. The number of carboxylic acids is 1. The van der Waals surface area contributed by atoms with E-state index in [4.69, 9.17) is 0 Å². The van der Waals surface area contributed by atoms with E-state index < -0.39 is 34.0 Å². The number of likely N-dealkylation sites (tertiary alicyclic amines) is 1. The molecule has 0 radical (unpaired) electrons. The summed E-state index contributed by atoms with van der Waals surface area (Å²) in [5.41, 5.74) is 2.53. The number of benzene rings is 3. The minimum Gasteiger partial charge on any atom is -0.480 e. The van der Waals surface area contributed by atoms with Gasteiger partial charge in [-0.3, -0.25) is 9.59 Å². The van der Waals surface area contributed by atoms with E-state index in [1.807, 2.05) is 67.6 Å². The molecule has 9 nitrogen and oxygen atoms in total. The second-order valence-electron chi connectivity index (χ2n) is 10.4. The lowest BCUT2D eigenvalue weighted by molar-refractivity contribution is -0.143. The monoisotopic (exact) mass is 577 g/mol. The molecule has 0 aliphatic carbocycles. The minimum atomic E-state index is -3.97. The largest absolute Gasteiger partial charge is 0.480 e. The van der Waals surface area contributed by atoms with Crippen LogP contribution in [0.15, 0.2) is 89.8 Å². The van der Waals surface area contributed by atoms with Gasteiger partial charge in [0.15, 0.2) is 0 Å². The second-order valence-corrected chi connectivity index (χ2v) is 12.1. The van der Waals surface area contributed by atoms with Crippen molar-refractivity contribution in [2.24, 2.45) is 5.92 Å². The molecule has 2 atom stereocenters. The predicted molar refractivity (Wildman–Crippen MR) is 154 cm³/mol. The van der Waals surface area contributed by atoms with E-state index in [-0.39, 0.29) is 42.6 Å². The molecule has 0 aromatic heterocycles. The molecule has 1 aliphatic rings. The van der Waals surface area contributed by atoms with Gasteiger partial charge in [0, 0.05) is 25.4 Å². The Balaban J connectivity index is 1.41. The summed E-state index contributed by atoms with van der Waals surface area (Å²) in [5.74, 6) is -2.29. The molecule has 4 rings (SSSR count). The normalized spacial score (nSPS) is 15.6. The van der Waals surface area contributed by atoms with E-state index in [9.17, 15) is 27.9 Å². The first-order valence-corrected chi connectivity index (χ1v) is 15.1. The van der Waals surface area contributed by atoms with E-state index in [1.54, 1.807) is 17.0 Å². The van der Waals surface area contributed by atoms with Crippen molar-refractivity contribution in [1.29, 1.82) is 0 Å². The number of aliphatic carboxylic acids is 1. The molecule has 0 saturated carbocycles. The van der Waals surface area contributed by atoms with Crippen molar-refractivity contribution in [2.45, 2.75) is 49.6 Å². The number of hydrogen-bond donors (Lipinski definition) is 3. The zero-order valence-electron chi connectivity index (χ0n) is 22.9. The first-order chi connectivity index (χ1) is 19.6. The average molecular weight is 578 g/mol. The van der Waals surface area contributed by atoms with Crippen molar-refractivity contribution >= 4 is 27.8 Å². The van der Waals surface area contributed by atoms with Gasteiger partial charge in [-0.1, -0.05) is 78.4 Å². The number of carboxylic acid groups (broad SMARTS) is 1. The van der Waals surface area contributed by atoms with Gasteiger partial charge in [0.05, 0.1) is 4.90 Å². The van der Waals surface area contributed by atoms with E-state index in [2.05, 4.69) is 10.0 Å². The first kappa shape index (κ1) is 30.0. The summed E-state index contributed by atoms with van der Waals surface area (Å²) in [4.78, 5) is 40.0. The van der Waals surface area contributed by atoms with E-state index in [1.165, 1.54) is 12.1 Å². The molecule has 1 heterocycles. The number of hydrogen-bond acceptors (Lipinski definition) is 5. The summed E-state index contributed by atoms with van der Waals surface area (Å²) in [6.07, 6.45) is 1.03. The standard InChI is InChI=1S/C31H35N3O6S/c1-22-12-14-26(15-13-22)41(39,40)33-27(20-23-8-4-2-5-9-23)30(36)34-18-16-25(17-19-34)29(35)32-28(31(37)38)21-24-10-6-3-7-11-24/h2-15,25,27-28,33H,16-21H2,1H3,(H,32,35)(H,37,38). The van der Waals surface area contributed by atoms with Crippen molar-refractivity contribution in [2.75, 3.05) is 13.1 Å². The van der Waals surface area contributed by atoms with Crippen molar-refractivity contribution in [3.05, 3.63) is 102 Å². The quantitative estimate of drug-likeness (QED) is 0.321. The van der Waals surface area contributed by atoms with Crippen molar-refractivity contribution in [3.63, 3.8) is 0 Å². The molecule has 41 heavy (non-hydrogen) atoms. The van der Waals surface area contributed by atoms with Crippen LogP contribution in [0.5, 0.6) is 0 Å². The van der Waals surface area contributed by atoms with Crippen molar-refractivity contribution in [1.82, 2.24) is 14.9 Å². The fourth-order valence-electron chi connectivity index (χ4n) is 4.92. The number of amides is 2. The lowest BCUT2D eigenvalue weighted by Crippen LogP contribution is -2.53. The molecule has 0 spiro atoms.